The molecule has 6 atom stereocenters. The lowest BCUT2D eigenvalue weighted by Gasteiger charge is -2.28. The van der Waals surface area contributed by atoms with Gasteiger partial charge >= 0.3 is 17.9 Å². The zero-order valence-electron chi connectivity index (χ0n) is 24.4. The number of allylic oxidation sites excluding steroid dienone is 2. The number of aliphatic hydroxyl groups excluding tert-OH is 1. The number of carbonyl (C=O) groups excluding carboxylic acids is 4. The van der Waals surface area contributed by atoms with Gasteiger partial charge in [-0.05, 0) is 39.5 Å². The van der Waals surface area contributed by atoms with E-state index >= 15 is 0 Å². The van der Waals surface area contributed by atoms with Crippen molar-refractivity contribution in [1.82, 2.24) is 0 Å². The van der Waals surface area contributed by atoms with Gasteiger partial charge in [0.05, 0.1) is 31.8 Å². The molecule has 230 valence electrons. The fourth-order valence-electron chi connectivity index (χ4n) is 4.80. The summed E-state index contributed by atoms with van der Waals surface area (Å²) >= 11 is 6.47. The van der Waals surface area contributed by atoms with Gasteiger partial charge in [0.1, 0.15) is 24.9 Å². The molecule has 0 aromatic carbocycles. The average molecular weight is 599 g/mol. The molecule has 10 nitrogen and oxygen atoms in total. The van der Waals surface area contributed by atoms with E-state index in [2.05, 4.69) is 6.58 Å². The van der Waals surface area contributed by atoms with Crippen molar-refractivity contribution in [2.24, 2.45) is 5.92 Å². The number of halogens is 1. The molecule has 2 heterocycles. The molecule has 0 aliphatic carbocycles. The van der Waals surface area contributed by atoms with Crippen LogP contribution in [0.5, 0.6) is 0 Å². The fourth-order valence-corrected chi connectivity index (χ4v) is 5.01. The lowest BCUT2D eigenvalue weighted by Crippen LogP contribution is -2.37. The standard InChI is InChI=1S/C30H43ClO10/c1-18(14-29(36)39-16-19(2)20(3)32)13-26(35)30-28-15-25(41-30)10-9-24(31)8-6-7-23(17-38-21(4)33)27(11-12-37-28)40-22(5)34/h8,13,23,25-28,30,35H,2,6-7,9-12,14-17H2,1,3-5H3/b18-13+,24-8+/t23?,25-,26-,27-,28-,30-/m1/s1. The summed E-state index contributed by atoms with van der Waals surface area (Å²) in [6.07, 6.45) is 3.77. The number of hydrogen-bond acceptors (Lipinski definition) is 10. The third-order valence-electron chi connectivity index (χ3n) is 7.02. The summed E-state index contributed by atoms with van der Waals surface area (Å²) in [7, 11) is 0. The van der Waals surface area contributed by atoms with Crippen molar-refractivity contribution >= 4 is 35.3 Å². The van der Waals surface area contributed by atoms with E-state index in [1.807, 2.05) is 6.08 Å². The van der Waals surface area contributed by atoms with Crippen molar-refractivity contribution in [3.63, 3.8) is 0 Å². The van der Waals surface area contributed by atoms with Gasteiger partial charge in [-0.3, -0.25) is 19.2 Å². The number of esters is 3. The minimum atomic E-state index is -1.06. The molecule has 0 aromatic heterocycles. The van der Waals surface area contributed by atoms with Gasteiger partial charge in [0, 0.05) is 43.2 Å². The highest BCUT2D eigenvalue weighted by Gasteiger charge is 2.40. The quantitative estimate of drug-likeness (QED) is 0.169. The van der Waals surface area contributed by atoms with Crippen LogP contribution in [0.2, 0.25) is 0 Å². The topological polar surface area (TPSA) is 135 Å². The van der Waals surface area contributed by atoms with E-state index < -0.39 is 42.3 Å². The van der Waals surface area contributed by atoms with Gasteiger partial charge in [0.2, 0.25) is 0 Å². The number of ether oxygens (including phenoxy) is 5. The Kier molecular flexibility index (Phi) is 14.7. The molecule has 11 heteroatoms. The van der Waals surface area contributed by atoms with Crippen LogP contribution in [0.1, 0.15) is 72.6 Å². The Bertz CT molecular complexity index is 1000. The number of ketones is 1. The number of rotatable bonds is 10. The Morgan fingerprint density at radius 3 is 2.51 bits per heavy atom. The summed E-state index contributed by atoms with van der Waals surface area (Å²) in [6.45, 7) is 9.41. The average Bonchev–Trinajstić information content (AvgIpc) is 3.29. The van der Waals surface area contributed by atoms with E-state index in [-0.39, 0.29) is 49.6 Å². The van der Waals surface area contributed by atoms with Crippen LogP contribution < -0.4 is 0 Å². The monoisotopic (exact) mass is 598 g/mol. The van der Waals surface area contributed by atoms with Gasteiger partial charge in [0.25, 0.3) is 0 Å². The third-order valence-corrected chi connectivity index (χ3v) is 7.36. The Hall–Kier alpha value is -2.53. The van der Waals surface area contributed by atoms with Crippen LogP contribution in [0.3, 0.4) is 0 Å². The van der Waals surface area contributed by atoms with Gasteiger partial charge in [-0.15, -0.1) is 0 Å². The number of aliphatic hydroxyl groups is 1. The molecule has 0 aromatic rings. The zero-order chi connectivity index (χ0) is 30.5. The first-order valence-corrected chi connectivity index (χ1v) is 14.3. The van der Waals surface area contributed by atoms with Gasteiger partial charge in [-0.2, -0.15) is 0 Å². The highest BCUT2D eigenvalue weighted by atomic mass is 35.5. The minimum Gasteiger partial charge on any atom is -0.465 e. The Labute approximate surface area is 247 Å². The van der Waals surface area contributed by atoms with Crippen LogP contribution >= 0.6 is 11.6 Å². The van der Waals surface area contributed by atoms with E-state index in [0.29, 0.717) is 49.1 Å². The maximum absolute atomic E-state index is 12.2. The summed E-state index contributed by atoms with van der Waals surface area (Å²) in [5.74, 6) is -1.91. The molecule has 41 heavy (non-hydrogen) atoms. The molecule has 0 saturated carbocycles. The Morgan fingerprint density at radius 1 is 1.12 bits per heavy atom. The minimum absolute atomic E-state index is 0.0713. The number of carbonyl (C=O) groups is 4. The van der Waals surface area contributed by atoms with Crippen LogP contribution in [-0.4, -0.2) is 79.1 Å². The van der Waals surface area contributed by atoms with E-state index in [0.717, 1.165) is 0 Å². The predicted molar refractivity (Wildman–Crippen MR) is 151 cm³/mol. The Morgan fingerprint density at radius 2 is 1.85 bits per heavy atom. The van der Waals surface area contributed by atoms with E-state index in [4.69, 9.17) is 35.3 Å². The van der Waals surface area contributed by atoms with Crippen molar-refractivity contribution < 1.29 is 48.0 Å². The molecule has 2 aliphatic rings. The van der Waals surface area contributed by atoms with Crippen LogP contribution in [-0.2, 0) is 42.9 Å². The molecule has 2 rings (SSSR count). The van der Waals surface area contributed by atoms with Gasteiger partial charge in [0.15, 0.2) is 5.78 Å². The first-order chi connectivity index (χ1) is 19.3. The summed E-state index contributed by atoms with van der Waals surface area (Å²) < 4.78 is 28.3. The molecule has 1 unspecified atom stereocenters. The van der Waals surface area contributed by atoms with E-state index in [9.17, 15) is 24.3 Å². The number of fused-ring (bicyclic) bond motifs is 2. The van der Waals surface area contributed by atoms with Crippen LogP contribution in [0, 0.1) is 5.92 Å². The lowest BCUT2D eigenvalue weighted by molar-refractivity contribution is -0.155. The van der Waals surface area contributed by atoms with Crippen molar-refractivity contribution in [2.75, 3.05) is 19.8 Å². The Balaban J connectivity index is 2.13. The molecule has 1 N–H and O–H groups in total. The summed E-state index contributed by atoms with van der Waals surface area (Å²) in [6, 6.07) is 0. The van der Waals surface area contributed by atoms with E-state index in [1.165, 1.54) is 20.8 Å². The maximum atomic E-state index is 12.2. The first kappa shape index (κ1) is 34.7. The highest BCUT2D eigenvalue weighted by Crippen LogP contribution is 2.32. The van der Waals surface area contributed by atoms with Gasteiger partial charge in [-0.25, -0.2) is 0 Å². The summed E-state index contributed by atoms with van der Waals surface area (Å²) in [5, 5.41) is 11.7. The molecule has 0 spiro atoms. The molecule has 1 saturated heterocycles. The lowest BCUT2D eigenvalue weighted by atomic mass is 9.94. The maximum Gasteiger partial charge on any atom is 0.310 e. The molecular formula is C30H43ClO10. The highest BCUT2D eigenvalue weighted by molar-refractivity contribution is 6.29. The van der Waals surface area contributed by atoms with Gasteiger partial charge < -0.3 is 28.8 Å². The summed E-state index contributed by atoms with van der Waals surface area (Å²) in [5.41, 5.74) is 0.770. The fraction of sp³-hybridized carbons (Fsp3) is 0.667. The van der Waals surface area contributed by atoms with Crippen molar-refractivity contribution in [3.8, 4) is 0 Å². The van der Waals surface area contributed by atoms with Crippen molar-refractivity contribution in [1.29, 1.82) is 0 Å². The smallest absolute Gasteiger partial charge is 0.310 e. The predicted octanol–water partition coefficient (Wildman–Crippen LogP) is 4.11. The normalized spacial score (nSPS) is 27.9. The third kappa shape index (κ3) is 12.9. The van der Waals surface area contributed by atoms with Crippen LogP contribution in [0.15, 0.2) is 34.9 Å². The van der Waals surface area contributed by atoms with Crippen molar-refractivity contribution in [2.45, 2.75) is 103 Å². The molecule has 2 bridgehead atoms. The molecule has 2 aliphatic heterocycles. The number of hydrogen-bond donors (Lipinski definition) is 1. The molecule has 0 amide bonds. The number of Topliss-reactive ketones (excluding diaryl/α,β-unsaturated/α-hetero) is 1. The van der Waals surface area contributed by atoms with Gasteiger partial charge in [-0.1, -0.05) is 35.9 Å². The molecular weight excluding hydrogens is 556 g/mol. The largest absolute Gasteiger partial charge is 0.465 e. The van der Waals surface area contributed by atoms with Crippen molar-refractivity contribution in [3.05, 3.63) is 34.9 Å². The van der Waals surface area contributed by atoms with Crippen LogP contribution in [0.4, 0.5) is 0 Å². The summed E-state index contributed by atoms with van der Waals surface area (Å²) in [4.78, 5) is 46.8. The molecule has 0 radical (unpaired) electrons. The second-order valence-corrected chi connectivity index (χ2v) is 11.1. The second kappa shape index (κ2) is 17.4. The van der Waals surface area contributed by atoms with Crippen LogP contribution in [0.25, 0.3) is 0 Å². The van der Waals surface area contributed by atoms with E-state index in [1.54, 1.807) is 13.0 Å². The molecule has 1 fully saturated rings. The second-order valence-electron chi connectivity index (χ2n) is 10.6. The first-order valence-electron chi connectivity index (χ1n) is 14.0. The zero-order valence-corrected chi connectivity index (χ0v) is 25.2. The SMILES string of the molecule is C=C(COC(=O)C/C(C)=C/[C@@H](O)[C@H]1O[C@@H]2CC/C(Cl)=C\CCC(COC(C)=O)[C@H](OC(C)=O)CCO[C@@H]1C2)C(C)=O.